The van der Waals surface area contributed by atoms with Crippen LogP contribution in [0.25, 0.3) is 0 Å². The van der Waals surface area contributed by atoms with Crippen molar-refractivity contribution in [3.05, 3.63) is 53.1 Å². The molecule has 2 aromatic carbocycles. The quantitative estimate of drug-likeness (QED) is 0.500. The Labute approximate surface area is 198 Å². The Bertz CT molecular complexity index is 1140. The number of ether oxygens (including phenoxy) is 3. The van der Waals surface area contributed by atoms with E-state index in [0.29, 0.717) is 30.2 Å². The number of ketones is 1. The molecule has 0 radical (unpaired) electrons. The Kier molecular flexibility index (Phi) is 5.67. The van der Waals surface area contributed by atoms with Crippen molar-refractivity contribution < 1.29 is 28.6 Å². The van der Waals surface area contributed by atoms with Crippen LogP contribution in [-0.2, 0) is 16.0 Å². The van der Waals surface area contributed by atoms with Crippen molar-refractivity contribution in [3.63, 3.8) is 0 Å². The van der Waals surface area contributed by atoms with Crippen molar-refractivity contribution in [2.24, 2.45) is 0 Å². The van der Waals surface area contributed by atoms with E-state index in [1.165, 1.54) is 39.0 Å². The molecule has 178 valence electrons. The first kappa shape index (κ1) is 22.3. The minimum absolute atomic E-state index is 0.0681. The summed E-state index contributed by atoms with van der Waals surface area (Å²) in [7, 11) is 4.38. The monoisotopic (exact) mass is 464 g/mol. The fourth-order valence-corrected chi connectivity index (χ4v) is 5.78. The van der Waals surface area contributed by atoms with E-state index in [2.05, 4.69) is 6.07 Å². The third kappa shape index (κ3) is 3.31. The highest BCUT2D eigenvalue weighted by molar-refractivity contribution is 6.43. The van der Waals surface area contributed by atoms with Crippen molar-refractivity contribution in [1.29, 1.82) is 0 Å². The van der Waals surface area contributed by atoms with Crippen LogP contribution in [0.5, 0.6) is 17.2 Å². The SMILES string of the molecule is COc1cc(C(=O)C(=O)N2[C@@H]3CCC[C@H]2C(=O)N2CCc4ccccc4C32)cc(OC)c1OC. The molecule has 8 heteroatoms. The zero-order valence-electron chi connectivity index (χ0n) is 19.6. The summed E-state index contributed by atoms with van der Waals surface area (Å²) in [6.45, 7) is 0.635. The molecule has 2 amide bonds. The lowest BCUT2D eigenvalue weighted by Gasteiger charge is -2.55. The molecule has 3 atom stereocenters. The van der Waals surface area contributed by atoms with Crippen LogP contribution in [0, 0.1) is 0 Å². The number of piperazine rings is 1. The maximum Gasteiger partial charge on any atom is 0.295 e. The lowest BCUT2D eigenvalue weighted by Crippen LogP contribution is -2.68. The van der Waals surface area contributed by atoms with Crippen molar-refractivity contribution in [2.45, 2.75) is 43.8 Å². The average Bonchev–Trinajstić information content (AvgIpc) is 2.89. The summed E-state index contributed by atoms with van der Waals surface area (Å²) >= 11 is 0. The molecule has 34 heavy (non-hydrogen) atoms. The van der Waals surface area contributed by atoms with Gasteiger partial charge >= 0.3 is 0 Å². The number of Topliss-reactive ketones (excluding diaryl/α,β-unsaturated/α-hetero) is 1. The molecule has 1 unspecified atom stereocenters. The molecule has 0 saturated carbocycles. The number of carbonyl (C=O) groups excluding carboxylic acids is 3. The maximum atomic E-state index is 13.7. The van der Waals surface area contributed by atoms with E-state index < -0.39 is 17.7 Å². The molecule has 3 heterocycles. The number of fused-ring (bicyclic) bond motifs is 6. The zero-order valence-corrected chi connectivity index (χ0v) is 19.6. The number of benzene rings is 2. The van der Waals surface area contributed by atoms with E-state index >= 15 is 0 Å². The van der Waals surface area contributed by atoms with Crippen LogP contribution >= 0.6 is 0 Å². The van der Waals surface area contributed by atoms with Crippen LogP contribution in [0.1, 0.15) is 46.8 Å². The molecular weight excluding hydrogens is 436 g/mol. The maximum absolute atomic E-state index is 13.7. The van der Waals surface area contributed by atoms with Gasteiger partial charge in [0.2, 0.25) is 11.7 Å². The van der Waals surface area contributed by atoms with E-state index in [4.69, 9.17) is 14.2 Å². The second kappa shape index (κ2) is 8.66. The van der Waals surface area contributed by atoms with Crippen molar-refractivity contribution >= 4 is 17.6 Å². The molecular formula is C26H28N2O6. The standard InChI is InChI=1S/C26H28N2O6/c1-32-20-13-16(14-21(33-2)24(20)34-3)23(29)26(31)28-18-9-6-10-19(28)25(30)27-12-11-15-7-4-5-8-17(15)22(18)27/h4-5,7-8,13-14,18-19,22H,6,9-12H2,1-3H3/t18-,19+,22?/m1/s1. The Morgan fingerprint density at radius 2 is 1.68 bits per heavy atom. The minimum Gasteiger partial charge on any atom is -0.493 e. The van der Waals surface area contributed by atoms with Crippen molar-refractivity contribution in [3.8, 4) is 17.2 Å². The van der Waals surface area contributed by atoms with Crippen LogP contribution < -0.4 is 14.2 Å². The summed E-state index contributed by atoms with van der Waals surface area (Å²) in [6, 6.07) is 9.96. The lowest BCUT2D eigenvalue weighted by atomic mass is 9.78. The third-order valence-electron chi connectivity index (χ3n) is 7.29. The second-order valence-electron chi connectivity index (χ2n) is 8.89. The van der Waals surface area contributed by atoms with Gasteiger partial charge < -0.3 is 24.0 Å². The van der Waals surface area contributed by atoms with Gasteiger partial charge in [-0.2, -0.15) is 0 Å². The van der Waals surface area contributed by atoms with Gasteiger partial charge in [-0.25, -0.2) is 0 Å². The first-order valence-corrected chi connectivity index (χ1v) is 11.6. The number of nitrogens with zero attached hydrogens (tertiary/aromatic N) is 2. The molecule has 2 bridgehead atoms. The van der Waals surface area contributed by atoms with E-state index in [0.717, 1.165) is 24.8 Å². The molecule has 0 spiro atoms. The fraction of sp³-hybridized carbons (Fsp3) is 0.423. The largest absolute Gasteiger partial charge is 0.493 e. The second-order valence-corrected chi connectivity index (χ2v) is 8.89. The minimum atomic E-state index is -0.693. The molecule has 0 aromatic heterocycles. The molecule has 0 aliphatic carbocycles. The lowest BCUT2D eigenvalue weighted by molar-refractivity contribution is -0.164. The average molecular weight is 465 g/mol. The van der Waals surface area contributed by atoms with Gasteiger partial charge in [0.25, 0.3) is 11.7 Å². The van der Waals surface area contributed by atoms with Gasteiger partial charge in [0.15, 0.2) is 11.5 Å². The predicted octanol–water partition coefficient (Wildman–Crippen LogP) is 2.78. The van der Waals surface area contributed by atoms with Gasteiger partial charge in [0, 0.05) is 12.1 Å². The first-order chi connectivity index (χ1) is 16.5. The fourth-order valence-electron chi connectivity index (χ4n) is 5.78. The number of hydrogen-bond donors (Lipinski definition) is 0. The van der Waals surface area contributed by atoms with Crippen molar-refractivity contribution in [2.75, 3.05) is 27.9 Å². The normalized spacial score (nSPS) is 23.0. The number of methoxy groups -OCH3 is 3. The predicted molar refractivity (Wildman–Crippen MR) is 123 cm³/mol. The summed E-state index contributed by atoms with van der Waals surface area (Å²) in [5.41, 5.74) is 2.41. The van der Waals surface area contributed by atoms with Crippen molar-refractivity contribution in [1.82, 2.24) is 9.80 Å². The van der Waals surface area contributed by atoms with Gasteiger partial charge in [0.1, 0.15) is 6.04 Å². The van der Waals surface area contributed by atoms with E-state index in [1.54, 1.807) is 4.90 Å². The summed E-state index contributed by atoms with van der Waals surface area (Å²) < 4.78 is 16.0. The molecule has 0 N–H and O–H groups in total. The molecule has 3 aliphatic heterocycles. The summed E-state index contributed by atoms with van der Waals surface area (Å²) in [4.78, 5) is 44.1. The number of carbonyl (C=O) groups is 3. The Balaban J connectivity index is 1.53. The highest BCUT2D eigenvalue weighted by Gasteiger charge is 2.53. The van der Waals surface area contributed by atoms with Gasteiger partial charge in [-0.3, -0.25) is 14.4 Å². The number of amides is 2. The molecule has 2 saturated heterocycles. The number of piperidine rings is 1. The van der Waals surface area contributed by atoms with E-state index in [-0.39, 0.29) is 23.6 Å². The molecule has 3 aliphatic rings. The Hall–Kier alpha value is -3.55. The Morgan fingerprint density at radius 1 is 0.971 bits per heavy atom. The summed E-state index contributed by atoms with van der Waals surface area (Å²) in [6.07, 6.45) is 2.95. The van der Waals surface area contributed by atoms with Gasteiger partial charge in [-0.1, -0.05) is 24.3 Å². The first-order valence-electron chi connectivity index (χ1n) is 11.6. The Morgan fingerprint density at radius 3 is 2.35 bits per heavy atom. The van der Waals surface area contributed by atoms with Crippen LogP contribution in [0.3, 0.4) is 0 Å². The number of rotatable bonds is 5. The molecule has 2 fully saturated rings. The van der Waals surface area contributed by atoms with Gasteiger partial charge in [0.05, 0.1) is 33.4 Å². The smallest absolute Gasteiger partial charge is 0.295 e. The van der Waals surface area contributed by atoms with Gasteiger partial charge in [-0.05, 0) is 48.9 Å². The molecule has 8 nitrogen and oxygen atoms in total. The topological polar surface area (TPSA) is 85.4 Å². The highest BCUT2D eigenvalue weighted by Crippen LogP contribution is 2.45. The summed E-state index contributed by atoms with van der Waals surface area (Å²) in [5.74, 6) is -0.503. The van der Waals surface area contributed by atoms with Crippen LogP contribution in [0.15, 0.2) is 36.4 Å². The van der Waals surface area contributed by atoms with Crippen LogP contribution in [0.4, 0.5) is 0 Å². The van der Waals surface area contributed by atoms with Gasteiger partial charge in [-0.15, -0.1) is 0 Å². The highest BCUT2D eigenvalue weighted by atomic mass is 16.5. The van der Waals surface area contributed by atoms with Crippen LogP contribution in [-0.4, -0.2) is 67.4 Å². The van der Waals surface area contributed by atoms with E-state index in [1.807, 2.05) is 23.1 Å². The summed E-state index contributed by atoms with van der Waals surface area (Å²) in [5, 5.41) is 0. The van der Waals surface area contributed by atoms with Crippen LogP contribution in [0.2, 0.25) is 0 Å². The number of hydrogen-bond acceptors (Lipinski definition) is 6. The third-order valence-corrected chi connectivity index (χ3v) is 7.29. The molecule has 2 aromatic rings. The van der Waals surface area contributed by atoms with E-state index in [9.17, 15) is 14.4 Å². The molecule has 5 rings (SSSR count). The zero-order chi connectivity index (χ0) is 24.0.